The van der Waals surface area contributed by atoms with Gasteiger partial charge in [0.25, 0.3) is 5.56 Å². The zero-order valence-corrected chi connectivity index (χ0v) is 14.2. The van der Waals surface area contributed by atoms with Gasteiger partial charge in [0, 0.05) is 30.7 Å². The number of aromatic nitrogens is 3. The lowest BCUT2D eigenvalue weighted by Gasteiger charge is -2.09. The molecule has 1 aliphatic heterocycles. The Labute approximate surface area is 150 Å². The Morgan fingerprint density at radius 3 is 2.81 bits per heavy atom. The second-order valence-electron chi connectivity index (χ2n) is 6.02. The van der Waals surface area contributed by atoms with Crippen molar-refractivity contribution in [2.75, 3.05) is 12.3 Å². The Hall–Kier alpha value is -3.59. The summed E-state index contributed by atoms with van der Waals surface area (Å²) in [6.07, 6.45) is 5.69. The number of hydrogen-bond donors (Lipinski definition) is 1. The maximum absolute atomic E-state index is 12.9. The van der Waals surface area contributed by atoms with E-state index in [2.05, 4.69) is 21.8 Å². The number of aryl methyl sites for hydroxylation is 1. The minimum atomic E-state index is -0.160. The Morgan fingerprint density at radius 2 is 2.00 bits per heavy atom. The van der Waals surface area contributed by atoms with Crippen LogP contribution in [0.2, 0.25) is 0 Å². The molecule has 0 aliphatic carbocycles. The number of benzene rings is 1. The topological polar surface area (TPSA) is 83.0 Å². The molecule has 6 heteroatoms. The van der Waals surface area contributed by atoms with Crippen LogP contribution in [-0.2, 0) is 6.42 Å². The van der Waals surface area contributed by atoms with E-state index < -0.39 is 0 Å². The van der Waals surface area contributed by atoms with Crippen molar-refractivity contribution >= 4 is 5.95 Å². The van der Waals surface area contributed by atoms with Gasteiger partial charge < -0.3 is 10.5 Å². The Kier molecular flexibility index (Phi) is 3.90. The molecule has 0 radical (unpaired) electrons. The lowest BCUT2D eigenvalue weighted by atomic mass is 10.1. The van der Waals surface area contributed by atoms with Gasteiger partial charge in [0.2, 0.25) is 5.95 Å². The largest absolute Gasteiger partial charge is 0.493 e. The maximum atomic E-state index is 12.9. The van der Waals surface area contributed by atoms with Gasteiger partial charge in [-0.1, -0.05) is 11.8 Å². The van der Waals surface area contributed by atoms with Crippen LogP contribution in [0.25, 0.3) is 5.69 Å². The highest BCUT2D eigenvalue weighted by Crippen LogP contribution is 2.26. The summed E-state index contributed by atoms with van der Waals surface area (Å²) in [5.74, 6) is 6.95. The third-order valence-corrected chi connectivity index (χ3v) is 4.26. The summed E-state index contributed by atoms with van der Waals surface area (Å²) >= 11 is 0. The van der Waals surface area contributed by atoms with Crippen molar-refractivity contribution < 1.29 is 4.74 Å². The molecular formula is C20H16N4O2. The van der Waals surface area contributed by atoms with Gasteiger partial charge in [-0.2, -0.15) is 0 Å². The van der Waals surface area contributed by atoms with Crippen LogP contribution in [-0.4, -0.2) is 21.1 Å². The normalized spacial score (nSPS) is 12.0. The van der Waals surface area contributed by atoms with Crippen LogP contribution in [0.3, 0.4) is 0 Å². The van der Waals surface area contributed by atoms with Crippen molar-refractivity contribution in [3.63, 3.8) is 0 Å². The molecule has 0 amide bonds. The molecule has 3 heterocycles. The number of hydrogen-bond acceptors (Lipinski definition) is 5. The molecule has 2 N–H and O–H groups in total. The molecule has 1 aliphatic rings. The van der Waals surface area contributed by atoms with Gasteiger partial charge in [-0.15, -0.1) is 0 Å². The van der Waals surface area contributed by atoms with Gasteiger partial charge in [-0.25, -0.2) is 9.97 Å². The van der Waals surface area contributed by atoms with Crippen molar-refractivity contribution in [2.24, 2.45) is 0 Å². The number of ether oxygens (including phenoxy) is 1. The third kappa shape index (κ3) is 2.91. The van der Waals surface area contributed by atoms with Crippen LogP contribution in [0.15, 0.2) is 47.7 Å². The minimum Gasteiger partial charge on any atom is -0.493 e. The van der Waals surface area contributed by atoms with Gasteiger partial charge in [-0.3, -0.25) is 9.36 Å². The van der Waals surface area contributed by atoms with Crippen LogP contribution in [0.4, 0.5) is 5.95 Å². The Balaban J connectivity index is 1.77. The molecule has 2 aromatic heterocycles. The molecule has 0 fully saturated rings. The lowest BCUT2D eigenvalue weighted by Crippen LogP contribution is -2.21. The van der Waals surface area contributed by atoms with E-state index in [4.69, 9.17) is 10.5 Å². The van der Waals surface area contributed by atoms with Crippen molar-refractivity contribution in [2.45, 2.75) is 13.3 Å². The summed E-state index contributed by atoms with van der Waals surface area (Å²) in [5.41, 5.74) is 9.09. The van der Waals surface area contributed by atoms with Gasteiger partial charge >= 0.3 is 0 Å². The van der Waals surface area contributed by atoms with E-state index in [9.17, 15) is 4.79 Å². The van der Waals surface area contributed by atoms with Crippen molar-refractivity contribution in [1.82, 2.24) is 14.5 Å². The molecule has 6 nitrogen and oxygen atoms in total. The van der Waals surface area contributed by atoms with E-state index >= 15 is 0 Å². The standard InChI is InChI=1S/C20H16N4O2/c1-13-6-8-24(16-3-5-18-15(10-16)7-9-26-18)19(25)17(13)4-2-14-11-22-20(21)23-12-14/h3,5-6,8,10-12H,7,9H2,1H3,(H2,21,22,23). The molecule has 0 saturated heterocycles. The van der Waals surface area contributed by atoms with Crippen molar-refractivity contribution in [1.29, 1.82) is 0 Å². The van der Waals surface area contributed by atoms with E-state index in [1.165, 1.54) is 12.4 Å². The van der Waals surface area contributed by atoms with Crippen LogP contribution in [0.1, 0.15) is 22.3 Å². The van der Waals surface area contributed by atoms with E-state index in [-0.39, 0.29) is 11.5 Å². The van der Waals surface area contributed by atoms with E-state index in [1.807, 2.05) is 31.2 Å². The lowest BCUT2D eigenvalue weighted by molar-refractivity contribution is 0.357. The summed E-state index contributed by atoms with van der Waals surface area (Å²) in [6.45, 7) is 2.55. The number of nitrogens with two attached hydrogens (primary N) is 1. The predicted octanol–water partition coefficient (Wildman–Crippen LogP) is 1.85. The number of pyridine rings is 1. The van der Waals surface area contributed by atoms with Gasteiger partial charge in [0.05, 0.1) is 17.7 Å². The van der Waals surface area contributed by atoms with Crippen LogP contribution < -0.4 is 16.0 Å². The second kappa shape index (κ2) is 6.37. The predicted molar refractivity (Wildman–Crippen MR) is 98.4 cm³/mol. The number of anilines is 1. The highest BCUT2D eigenvalue weighted by molar-refractivity contribution is 5.49. The average Bonchev–Trinajstić information content (AvgIpc) is 3.11. The smallest absolute Gasteiger partial charge is 0.271 e. The number of nitrogens with zero attached hydrogens (tertiary/aromatic N) is 3. The number of fused-ring (bicyclic) bond motifs is 1. The summed E-state index contributed by atoms with van der Waals surface area (Å²) in [7, 11) is 0. The van der Waals surface area contributed by atoms with Gasteiger partial charge in [-0.05, 0) is 42.3 Å². The fourth-order valence-corrected chi connectivity index (χ4v) is 2.84. The first-order valence-electron chi connectivity index (χ1n) is 8.20. The second-order valence-corrected chi connectivity index (χ2v) is 6.02. The molecule has 0 spiro atoms. The maximum Gasteiger partial charge on any atom is 0.271 e. The summed E-state index contributed by atoms with van der Waals surface area (Å²) < 4.78 is 7.13. The van der Waals surface area contributed by atoms with Gasteiger partial charge in [0.15, 0.2) is 0 Å². The zero-order chi connectivity index (χ0) is 18.1. The van der Waals surface area contributed by atoms with E-state index in [0.29, 0.717) is 17.7 Å². The van der Waals surface area contributed by atoms with E-state index in [0.717, 1.165) is 29.0 Å². The first-order chi connectivity index (χ1) is 12.6. The third-order valence-electron chi connectivity index (χ3n) is 4.26. The molecule has 0 unspecified atom stereocenters. The molecule has 0 saturated carbocycles. The molecule has 4 rings (SSSR count). The summed E-state index contributed by atoms with van der Waals surface area (Å²) in [4.78, 5) is 20.8. The van der Waals surface area contributed by atoms with Crippen LogP contribution >= 0.6 is 0 Å². The first-order valence-corrected chi connectivity index (χ1v) is 8.20. The molecule has 0 bridgehead atoms. The number of rotatable bonds is 1. The zero-order valence-electron chi connectivity index (χ0n) is 14.2. The highest BCUT2D eigenvalue weighted by atomic mass is 16.5. The summed E-state index contributed by atoms with van der Waals surface area (Å²) in [5, 5.41) is 0. The molecule has 3 aromatic rings. The van der Waals surface area contributed by atoms with Gasteiger partial charge in [0.1, 0.15) is 5.75 Å². The minimum absolute atomic E-state index is 0.160. The monoisotopic (exact) mass is 344 g/mol. The highest BCUT2D eigenvalue weighted by Gasteiger charge is 2.14. The molecule has 26 heavy (non-hydrogen) atoms. The molecule has 0 atom stereocenters. The number of nitrogen functional groups attached to an aromatic ring is 1. The Morgan fingerprint density at radius 1 is 1.19 bits per heavy atom. The average molecular weight is 344 g/mol. The van der Waals surface area contributed by atoms with Crippen LogP contribution in [0, 0.1) is 18.8 Å². The molecular weight excluding hydrogens is 328 g/mol. The quantitative estimate of drug-likeness (QED) is 0.681. The Bertz CT molecular complexity index is 1110. The van der Waals surface area contributed by atoms with Crippen molar-refractivity contribution in [3.05, 3.63) is 75.5 Å². The first kappa shape index (κ1) is 15.9. The fraction of sp³-hybridized carbons (Fsp3) is 0.150. The van der Waals surface area contributed by atoms with E-state index in [1.54, 1.807) is 10.8 Å². The molecule has 128 valence electrons. The fourth-order valence-electron chi connectivity index (χ4n) is 2.84. The molecule has 1 aromatic carbocycles. The van der Waals surface area contributed by atoms with Crippen molar-refractivity contribution in [3.8, 4) is 23.3 Å². The SMILES string of the molecule is Cc1ccn(-c2ccc3c(c2)CCO3)c(=O)c1C#Cc1cnc(N)nc1. The summed E-state index contributed by atoms with van der Waals surface area (Å²) in [6, 6.07) is 7.66. The van der Waals surface area contributed by atoms with Crippen LogP contribution in [0.5, 0.6) is 5.75 Å².